The van der Waals surface area contributed by atoms with Crippen LogP contribution in [0.4, 0.5) is 0 Å². The second kappa shape index (κ2) is 6.02. The fourth-order valence-electron chi connectivity index (χ4n) is 4.67. The third-order valence-corrected chi connectivity index (χ3v) is 6.26. The first-order valence-corrected chi connectivity index (χ1v) is 9.79. The van der Waals surface area contributed by atoms with Crippen LogP contribution in [0.25, 0.3) is 22.4 Å². The number of fused-ring (bicyclic) bond motifs is 2. The fourth-order valence-corrected chi connectivity index (χ4v) is 4.67. The van der Waals surface area contributed by atoms with Crippen molar-refractivity contribution in [1.29, 1.82) is 0 Å². The van der Waals surface area contributed by atoms with Crippen LogP contribution in [0.3, 0.4) is 0 Å². The van der Waals surface area contributed by atoms with E-state index in [1.807, 2.05) is 13.0 Å². The van der Waals surface area contributed by atoms with E-state index in [2.05, 4.69) is 39.7 Å². The van der Waals surface area contributed by atoms with Gasteiger partial charge in [-0.1, -0.05) is 6.07 Å². The fraction of sp³-hybridized carbons (Fsp3) is 0.476. The summed E-state index contributed by atoms with van der Waals surface area (Å²) in [5, 5.41) is 19.8. The van der Waals surface area contributed by atoms with Crippen LogP contribution in [0.15, 0.2) is 12.1 Å². The zero-order chi connectivity index (χ0) is 18.7. The number of phenols is 1. The Morgan fingerprint density at radius 1 is 1.15 bits per heavy atom. The molecule has 0 bridgehead atoms. The Labute approximate surface area is 158 Å². The maximum atomic E-state index is 10.7. The molecule has 140 valence electrons. The van der Waals surface area contributed by atoms with Crippen molar-refractivity contribution in [3.05, 3.63) is 34.6 Å². The van der Waals surface area contributed by atoms with Crippen molar-refractivity contribution in [3.8, 4) is 17.0 Å². The van der Waals surface area contributed by atoms with Gasteiger partial charge in [-0.15, -0.1) is 10.2 Å². The summed E-state index contributed by atoms with van der Waals surface area (Å²) in [6.07, 6.45) is 4.32. The average molecular weight is 363 g/mol. The maximum Gasteiger partial charge on any atom is 0.183 e. The third kappa shape index (κ3) is 2.46. The first-order chi connectivity index (χ1) is 13.0. The highest BCUT2D eigenvalue weighted by Crippen LogP contribution is 2.40. The predicted octanol–water partition coefficient (Wildman–Crippen LogP) is 3.18. The van der Waals surface area contributed by atoms with Crippen LogP contribution in [0.5, 0.6) is 5.75 Å². The van der Waals surface area contributed by atoms with Crippen LogP contribution in [-0.4, -0.2) is 49.9 Å². The number of likely N-dealkylation sites (N-methyl/N-ethyl adjacent to an activating group) is 1. The van der Waals surface area contributed by atoms with Crippen molar-refractivity contribution in [2.45, 2.75) is 45.6 Å². The van der Waals surface area contributed by atoms with Crippen LogP contribution >= 0.6 is 0 Å². The smallest absolute Gasteiger partial charge is 0.183 e. The minimum atomic E-state index is 0.362. The third-order valence-electron chi connectivity index (χ3n) is 6.26. The topological polar surface area (TPSA) is 67.1 Å². The number of nitrogens with zero attached hydrogens (tertiary/aromatic N) is 5. The SMILES string of the molecule is Cc1c(-c2ccc3c(c2O)CC3)nnc2c1nc(C)n2[C@@H]1CCCN(C)C1. The first kappa shape index (κ1) is 16.7. The van der Waals surface area contributed by atoms with E-state index in [1.165, 1.54) is 12.0 Å². The Morgan fingerprint density at radius 3 is 2.74 bits per heavy atom. The molecule has 3 aromatic rings. The zero-order valence-electron chi connectivity index (χ0n) is 16.2. The molecule has 2 aromatic heterocycles. The molecular formula is C21H25N5O. The predicted molar refractivity (Wildman–Crippen MR) is 105 cm³/mol. The zero-order valence-corrected chi connectivity index (χ0v) is 16.2. The van der Waals surface area contributed by atoms with Gasteiger partial charge in [0.05, 0.1) is 0 Å². The number of rotatable bonds is 2. The van der Waals surface area contributed by atoms with Gasteiger partial charge in [-0.2, -0.15) is 0 Å². The van der Waals surface area contributed by atoms with Gasteiger partial charge in [0, 0.05) is 23.7 Å². The van der Waals surface area contributed by atoms with E-state index < -0.39 is 0 Å². The highest BCUT2D eigenvalue weighted by Gasteiger charge is 2.26. The van der Waals surface area contributed by atoms with Gasteiger partial charge in [-0.05, 0) is 70.3 Å². The summed E-state index contributed by atoms with van der Waals surface area (Å²) in [5.74, 6) is 1.35. The Kier molecular flexibility index (Phi) is 3.72. The molecule has 1 atom stereocenters. The second-order valence-electron chi connectivity index (χ2n) is 8.03. The highest BCUT2D eigenvalue weighted by molar-refractivity contribution is 5.84. The van der Waals surface area contributed by atoms with Crippen molar-refractivity contribution in [2.75, 3.05) is 20.1 Å². The van der Waals surface area contributed by atoms with Crippen molar-refractivity contribution >= 4 is 11.2 Å². The number of imidazole rings is 1. The number of hydrogen-bond acceptors (Lipinski definition) is 5. The quantitative estimate of drug-likeness (QED) is 0.757. The van der Waals surface area contributed by atoms with Gasteiger partial charge < -0.3 is 14.6 Å². The van der Waals surface area contributed by atoms with E-state index in [0.29, 0.717) is 11.8 Å². The van der Waals surface area contributed by atoms with E-state index in [9.17, 15) is 5.11 Å². The molecule has 27 heavy (non-hydrogen) atoms. The summed E-state index contributed by atoms with van der Waals surface area (Å²) < 4.78 is 2.26. The molecular weight excluding hydrogens is 338 g/mol. The molecule has 1 aromatic carbocycles. The molecule has 2 aliphatic rings. The molecule has 1 aliphatic heterocycles. The summed E-state index contributed by atoms with van der Waals surface area (Å²) in [6, 6.07) is 4.45. The standard InChI is InChI=1S/C21H25N5O/c1-12-18(17-9-7-14-6-8-16(14)20(17)27)23-24-21-19(12)22-13(2)26(21)15-5-4-10-25(3)11-15/h7,9,15,27H,4-6,8,10-11H2,1-3H3/t15-/m1/s1. The first-order valence-electron chi connectivity index (χ1n) is 9.79. The Bertz CT molecular complexity index is 1050. The number of aromatic nitrogens is 4. The minimum Gasteiger partial charge on any atom is -0.507 e. The van der Waals surface area contributed by atoms with Crippen molar-refractivity contribution in [1.82, 2.24) is 24.6 Å². The largest absolute Gasteiger partial charge is 0.507 e. The van der Waals surface area contributed by atoms with Gasteiger partial charge >= 0.3 is 0 Å². The number of aromatic hydroxyl groups is 1. The molecule has 0 spiro atoms. The van der Waals surface area contributed by atoms with E-state index in [4.69, 9.17) is 4.98 Å². The molecule has 5 rings (SSSR count). The van der Waals surface area contributed by atoms with Crippen LogP contribution < -0.4 is 0 Å². The van der Waals surface area contributed by atoms with Crippen LogP contribution in [-0.2, 0) is 12.8 Å². The lowest BCUT2D eigenvalue weighted by Gasteiger charge is -2.31. The molecule has 3 heterocycles. The number of benzene rings is 1. The molecule has 1 aliphatic carbocycles. The summed E-state index contributed by atoms with van der Waals surface area (Å²) in [4.78, 5) is 7.21. The molecule has 1 N–H and O–H groups in total. The van der Waals surface area contributed by atoms with Gasteiger partial charge in [0.1, 0.15) is 22.8 Å². The lowest BCUT2D eigenvalue weighted by Crippen LogP contribution is -2.34. The molecule has 1 fully saturated rings. The van der Waals surface area contributed by atoms with Gasteiger partial charge in [0.25, 0.3) is 0 Å². The van der Waals surface area contributed by atoms with Gasteiger partial charge in [0.15, 0.2) is 5.65 Å². The molecule has 0 saturated carbocycles. The Hall–Kier alpha value is -2.47. The Balaban J connectivity index is 1.64. The number of phenolic OH excluding ortho intramolecular Hbond substituents is 1. The minimum absolute atomic E-state index is 0.362. The summed E-state index contributed by atoms with van der Waals surface area (Å²) in [7, 11) is 2.17. The van der Waals surface area contributed by atoms with Crippen LogP contribution in [0.2, 0.25) is 0 Å². The number of aryl methyl sites for hydroxylation is 3. The molecule has 0 unspecified atom stereocenters. The van der Waals surface area contributed by atoms with Crippen molar-refractivity contribution < 1.29 is 5.11 Å². The maximum absolute atomic E-state index is 10.7. The highest BCUT2D eigenvalue weighted by atomic mass is 16.3. The van der Waals surface area contributed by atoms with Gasteiger partial charge in [0.2, 0.25) is 0 Å². The molecule has 0 amide bonds. The monoisotopic (exact) mass is 363 g/mol. The second-order valence-corrected chi connectivity index (χ2v) is 8.03. The molecule has 1 saturated heterocycles. The van der Waals surface area contributed by atoms with Crippen LogP contribution in [0, 0.1) is 13.8 Å². The number of likely N-dealkylation sites (tertiary alicyclic amines) is 1. The average Bonchev–Trinajstić information content (AvgIpc) is 2.95. The number of hydrogen-bond donors (Lipinski definition) is 1. The lowest BCUT2D eigenvalue weighted by atomic mass is 9.85. The van der Waals surface area contributed by atoms with E-state index >= 15 is 0 Å². The van der Waals surface area contributed by atoms with Gasteiger partial charge in [-0.25, -0.2) is 4.98 Å². The van der Waals surface area contributed by atoms with Crippen molar-refractivity contribution in [3.63, 3.8) is 0 Å². The molecule has 6 heteroatoms. The van der Waals surface area contributed by atoms with Crippen LogP contribution in [0.1, 0.15) is 41.4 Å². The van der Waals surface area contributed by atoms with E-state index in [-0.39, 0.29) is 0 Å². The van der Waals surface area contributed by atoms with E-state index in [0.717, 1.165) is 71.7 Å². The summed E-state index contributed by atoms with van der Waals surface area (Å²) in [5.41, 5.74) is 6.54. The van der Waals surface area contributed by atoms with Gasteiger partial charge in [-0.3, -0.25) is 0 Å². The molecule has 6 nitrogen and oxygen atoms in total. The van der Waals surface area contributed by atoms with Crippen molar-refractivity contribution in [2.24, 2.45) is 0 Å². The normalized spacial score (nSPS) is 19.9. The molecule has 0 radical (unpaired) electrons. The lowest BCUT2D eigenvalue weighted by molar-refractivity contribution is 0.212. The summed E-state index contributed by atoms with van der Waals surface area (Å²) >= 11 is 0. The number of piperidine rings is 1. The summed E-state index contributed by atoms with van der Waals surface area (Å²) in [6.45, 7) is 6.25. The Morgan fingerprint density at radius 2 is 2.00 bits per heavy atom. The van der Waals surface area contributed by atoms with E-state index in [1.54, 1.807) is 0 Å².